The Morgan fingerprint density at radius 1 is 1.00 bits per heavy atom. The molecule has 2 fully saturated rings. The summed E-state index contributed by atoms with van der Waals surface area (Å²) in [6, 6.07) is 16.6. The molecule has 6 nitrogen and oxygen atoms in total. The summed E-state index contributed by atoms with van der Waals surface area (Å²) >= 11 is 0. The van der Waals surface area contributed by atoms with Crippen molar-refractivity contribution in [1.29, 1.82) is 0 Å². The molecule has 0 atom stereocenters. The smallest absolute Gasteiger partial charge is 0.250 e. The zero-order chi connectivity index (χ0) is 25.3. The Labute approximate surface area is 212 Å². The second kappa shape index (κ2) is 9.90. The summed E-state index contributed by atoms with van der Waals surface area (Å²) in [7, 11) is 1.70. The lowest BCUT2D eigenvalue weighted by Gasteiger charge is -2.43. The van der Waals surface area contributed by atoms with Crippen molar-refractivity contribution in [3.63, 3.8) is 0 Å². The second-order valence-corrected chi connectivity index (χ2v) is 9.89. The van der Waals surface area contributed by atoms with Crippen molar-refractivity contribution in [2.24, 2.45) is 0 Å². The van der Waals surface area contributed by atoms with Gasteiger partial charge in [0.2, 0.25) is 5.91 Å². The van der Waals surface area contributed by atoms with E-state index in [0.717, 1.165) is 66.3 Å². The molecule has 2 aromatic carbocycles. The van der Waals surface area contributed by atoms with Gasteiger partial charge in [0.15, 0.2) is 0 Å². The summed E-state index contributed by atoms with van der Waals surface area (Å²) in [6.45, 7) is 7.40. The minimum Gasteiger partial charge on any atom is -0.496 e. The first-order valence-corrected chi connectivity index (χ1v) is 12.5. The first-order chi connectivity index (χ1) is 17.4. The molecule has 0 N–H and O–H groups in total. The molecular formula is C29H33FN4O2. The Morgan fingerprint density at radius 3 is 2.36 bits per heavy atom. The Bertz CT molecular complexity index is 1220. The van der Waals surface area contributed by atoms with Gasteiger partial charge in [0.1, 0.15) is 17.1 Å². The number of anilines is 1. The lowest BCUT2D eigenvalue weighted by molar-refractivity contribution is -0.134. The van der Waals surface area contributed by atoms with Crippen molar-refractivity contribution in [2.75, 3.05) is 31.8 Å². The third-order valence-electron chi connectivity index (χ3n) is 7.68. The third kappa shape index (κ3) is 4.44. The van der Waals surface area contributed by atoms with E-state index in [9.17, 15) is 9.18 Å². The van der Waals surface area contributed by atoms with Crippen LogP contribution in [0.4, 0.5) is 10.1 Å². The number of hydrogen-bond donors (Lipinski definition) is 0. The van der Waals surface area contributed by atoms with Gasteiger partial charge in [-0.25, -0.2) is 4.39 Å². The number of ether oxygens (including phenoxy) is 1. The molecule has 1 spiro atoms. The fourth-order valence-corrected chi connectivity index (χ4v) is 5.66. The zero-order valence-electron chi connectivity index (χ0n) is 21.2. The topological polar surface area (TPSA) is 48.9 Å². The fraction of sp³-hybridized carbons (Fsp3) is 0.379. The van der Waals surface area contributed by atoms with Gasteiger partial charge in [0, 0.05) is 49.2 Å². The van der Waals surface area contributed by atoms with Crippen LogP contribution in [-0.2, 0) is 17.9 Å². The summed E-state index contributed by atoms with van der Waals surface area (Å²) in [4.78, 5) is 25.2. The van der Waals surface area contributed by atoms with E-state index in [-0.39, 0.29) is 11.7 Å². The van der Waals surface area contributed by atoms with Crippen LogP contribution in [0, 0.1) is 19.7 Å². The van der Waals surface area contributed by atoms with Gasteiger partial charge in [-0.05, 0) is 56.5 Å². The Morgan fingerprint density at radius 2 is 1.69 bits per heavy atom. The van der Waals surface area contributed by atoms with Gasteiger partial charge < -0.3 is 14.5 Å². The maximum absolute atomic E-state index is 13.9. The number of amides is 1. The molecule has 2 saturated heterocycles. The van der Waals surface area contributed by atoms with Gasteiger partial charge >= 0.3 is 0 Å². The summed E-state index contributed by atoms with van der Waals surface area (Å²) < 4.78 is 19.0. The maximum Gasteiger partial charge on any atom is 0.250 e. The first kappa shape index (κ1) is 24.3. The summed E-state index contributed by atoms with van der Waals surface area (Å²) in [5, 5.41) is 0. The highest BCUT2D eigenvalue weighted by Gasteiger charge is 2.53. The molecule has 7 heteroatoms. The molecule has 0 aliphatic carbocycles. The lowest BCUT2D eigenvalue weighted by Crippen LogP contribution is -2.56. The molecule has 1 aromatic heterocycles. The number of aryl methyl sites for hydroxylation is 1. The molecule has 2 aliphatic heterocycles. The number of benzene rings is 2. The van der Waals surface area contributed by atoms with Crippen LogP contribution in [0.2, 0.25) is 0 Å². The van der Waals surface area contributed by atoms with Gasteiger partial charge in [0.25, 0.3) is 0 Å². The number of aromatic nitrogens is 1. The van der Waals surface area contributed by atoms with Crippen LogP contribution in [0.3, 0.4) is 0 Å². The highest BCUT2D eigenvalue weighted by Crippen LogP contribution is 2.40. The van der Waals surface area contributed by atoms with Gasteiger partial charge in [-0.15, -0.1) is 0 Å². The average molecular weight is 489 g/mol. The van der Waals surface area contributed by atoms with Crippen LogP contribution in [-0.4, -0.2) is 53.1 Å². The largest absolute Gasteiger partial charge is 0.496 e. The number of nitrogens with zero attached hydrogens (tertiary/aromatic N) is 4. The van der Waals surface area contributed by atoms with Crippen LogP contribution in [0.1, 0.15) is 35.2 Å². The first-order valence-electron chi connectivity index (χ1n) is 12.5. The fourth-order valence-electron chi connectivity index (χ4n) is 5.66. The van der Waals surface area contributed by atoms with E-state index in [1.54, 1.807) is 19.2 Å². The van der Waals surface area contributed by atoms with Crippen LogP contribution < -0.4 is 9.64 Å². The highest BCUT2D eigenvalue weighted by atomic mass is 19.1. The van der Waals surface area contributed by atoms with E-state index in [1.165, 1.54) is 12.1 Å². The monoisotopic (exact) mass is 488 g/mol. The number of para-hydroxylation sites is 1. The molecule has 3 heterocycles. The van der Waals surface area contributed by atoms with Crippen molar-refractivity contribution in [3.8, 4) is 5.75 Å². The van der Waals surface area contributed by atoms with Crippen LogP contribution in [0.15, 0.2) is 60.8 Å². The molecule has 0 bridgehead atoms. The summed E-state index contributed by atoms with van der Waals surface area (Å²) in [5.41, 5.74) is 4.54. The van der Waals surface area contributed by atoms with E-state index in [2.05, 4.69) is 33.8 Å². The maximum atomic E-state index is 13.9. The minimum absolute atomic E-state index is 0.154. The van der Waals surface area contributed by atoms with E-state index in [0.29, 0.717) is 13.2 Å². The van der Waals surface area contributed by atoms with Crippen molar-refractivity contribution in [1.82, 2.24) is 14.8 Å². The van der Waals surface area contributed by atoms with Gasteiger partial charge in [-0.1, -0.05) is 30.3 Å². The van der Waals surface area contributed by atoms with Crippen molar-refractivity contribution >= 4 is 11.6 Å². The van der Waals surface area contributed by atoms with Crippen molar-refractivity contribution in [3.05, 3.63) is 89.0 Å². The molecule has 3 aromatic rings. The summed E-state index contributed by atoms with van der Waals surface area (Å²) in [5.74, 6) is 0.782. The molecule has 5 rings (SSSR count). The molecular weight excluding hydrogens is 455 g/mol. The van der Waals surface area contributed by atoms with Gasteiger partial charge in [0.05, 0.1) is 19.5 Å². The number of halogens is 1. The number of rotatable bonds is 6. The molecule has 0 unspecified atom stereocenters. The second-order valence-electron chi connectivity index (χ2n) is 9.89. The van der Waals surface area contributed by atoms with Crippen LogP contribution in [0.25, 0.3) is 0 Å². The number of carbonyl (C=O) groups is 1. The zero-order valence-corrected chi connectivity index (χ0v) is 21.2. The number of carbonyl (C=O) groups excluding carboxylic acids is 1. The highest BCUT2D eigenvalue weighted by molar-refractivity contribution is 5.93. The van der Waals surface area contributed by atoms with E-state index in [1.807, 2.05) is 36.2 Å². The number of piperidine rings is 1. The minimum atomic E-state index is -0.578. The van der Waals surface area contributed by atoms with Crippen LogP contribution in [0.5, 0.6) is 5.75 Å². The molecule has 188 valence electrons. The molecule has 1 amide bonds. The standard InChI is InChI=1S/C29H33FN4O2/c1-21-17-31-26(22(2)27(21)36-3)19-32-15-13-29(14-16-32)28(35)33(18-23-9-11-24(30)12-10-23)20-34(29)25-7-5-4-6-8-25/h4-12,17H,13-16,18-20H2,1-3H3. The third-order valence-corrected chi connectivity index (χ3v) is 7.68. The number of hydrogen-bond acceptors (Lipinski definition) is 5. The average Bonchev–Trinajstić information content (AvgIpc) is 3.15. The SMILES string of the molecule is COc1c(C)cnc(CN2CCC3(CC2)C(=O)N(Cc2ccc(F)cc2)CN3c2ccccc2)c1C. The van der Waals surface area contributed by atoms with Crippen LogP contribution >= 0.6 is 0 Å². The number of pyridine rings is 1. The predicted molar refractivity (Wildman–Crippen MR) is 138 cm³/mol. The molecule has 36 heavy (non-hydrogen) atoms. The van der Waals surface area contributed by atoms with E-state index >= 15 is 0 Å². The Hall–Kier alpha value is -3.45. The number of likely N-dealkylation sites (tertiary alicyclic amines) is 1. The van der Waals surface area contributed by atoms with Crippen molar-refractivity contribution in [2.45, 2.75) is 45.3 Å². The van der Waals surface area contributed by atoms with E-state index in [4.69, 9.17) is 4.74 Å². The molecule has 0 radical (unpaired) electrons. The van der Waals surface area contributed by atoms with Gasteiger partial charge in [-0.2, -0.15) is 0 Å². The molecule has 2 aliphatic rings. The van der Waals surface area contributed by atoms with E-state index < -0.39 is 5.54 Å². The quantitative estimate of drug-likeness (QED) is 0.504. The van der Waals surface area contributed by atoms with Crippen molar-refractivity contribution < 1.29 is 13.9 Å². The lowest BCUT2D eigenvalue weighted by atomic mass is 9.85. The van der Waals surface area contributed by atoms with Gasteiger partial charge in [-0.3, -0.25) is 14.7 Å². The normalized spacial score (nSPS) is 17.7. The summed E-state index contributed by atoms with van der Waals surface area (Å²) in [6.07, 6.45) is 3.35. The number of methoxy groups -OCH3 is 1. The molecule has 0 saturated carbocycles. The Kier molecular flexibility index (Phi) is 6.67. The predicted octanol–water partition coefficient (Wildman–Crippen LogP) is 4.69. The Balaban J connectivity index is 1.36.